The highest BCUT2D eigenvalue weighted by Crippen LogP contribution is 2.34. The van der Waals surface area contributed by atoms with Gasteiger partial charge in [-0.15, -0.1) is 0 Å². The van der Waals surface area contributed by atoms with Crippen LogP contribution in [0.3, 0.4) is 0 Å². The Balaban J connectivity index is 1.83. The summed E-state index contributed by atoms with van der Waals surface area (Å²) in [6, 6.07) is 9.77. The van der Waals surface area contributed by atoms with Crippen LogP contribution in [0.2, 0.25) is 0 Å². The van der Waals surface area contributed by atoms with Gasteiger partial charge < -0.3 is 9.72 Å². The summed E-state index contributed by atoms with van der Waals surface area (Å²) in [5, 5.41) is 0. The first-order chi connectivity index (χ1) is 10.7. The summed E-state index contributed by atoms with van der Waals surface area (Å²) in [4.78, 5) is 29.9. The molecule has 1 aliphatic heterocycles. The van der Waals surface area contributed by atoms with E-state index in [1.165, 1.54) is 11.6 Å². The number of nitrogens with one attached hydrogen (secondary N) is 2. The van der Waals surface area contributed by atoms with Gasteiger partial charge in [0.05, 0.1) is 7.11 Å². The predicted molar refractivity (Wildman–Crippen MR) is 83.1 cm³/mol. The number of likely N-dealkylation sites (tertiary alicyclic amines) is 1. The number of rotatable bonds is 4. The molecule has 0 radical (unpaired) electrons. The molecule has 1 atom stereocenters. The van der Waals surface area contributed by atoms with Crippen LogP contribution in [0, 0.1) is 0 Å². The van der Waals surface area contributed by atoms with Crippen molar-refractivity contribution >= 4 is 0 Å². The number of aromatic nitrogens is 2. The SMILES string of the molecule is COc1cccc([C@@H]2CCCN2Cc2cc(=O)[nH]c(=O)[nH]2)c1. The number of benzene rings is 1. The van der Waals surface area contributed by atoms with Crippen LogP contribution in [0.4, 0.5) is 0 Å². The van der Waals surface area contributed by atoms with E-state index >= 15 is 0 Å². The summed E-state index contributed by atoms with van der Waals surface area (Å²) in [5.74, 6) is 0.842. The minimum atomic E-state index is -0.459. The molecule has 2 aromatic rings. The summed E-state index contributed by atoms with van der Waals surface area (Å²) >= 11 is 0. The van der Waals surface area contributed by atoms with E-state index < -0.39 is 5.69 Å². The van der Waals surface area contributed by atoms with E-state index in [1.54, 1.807) is 7.11 Å². The Morgan fingerprint density at radius 3 is 2.91 bits per heavy atom. The Hall–Kier alpha value is -2.34. The van der Waals surface area contributed by atoms with E-state index in [0.717, 1.165) is 25.1 Å². The van der Waals surface area contributed by atoms with E-state index in [4.69, 9.17) is 4.74 Å². The highest BCUT2D eigenvalue weighted by Gasteiger charge is 2.26. The van der Waals surface area contributed by atoms with Crippen molar-refractivity contribution in [2.75, 3.05) is 13.7 Å². The van der Waals surface area contributed by atoms with Crippen LogP contribution >= 0.6 is 0 Å². The second kappa shape index (κ2) is 6.19. The maximum absolute atomic E-state index is 11.4. The van der Waals surface area contributed by atoms with Gasteiger partial charge >= 0.3 is 5.69 Å². The Kier molecular flexibility index (Phi) is 4.11. The topological polar surface area (TPSA) is 78.2 Å². The fourth-order valence-electron chi connectivity index (χ4n) is 3.07. The lowest BCUT2D eigenvalue weighted by molar-refractivity contribution is 0.244. The molecule has 1 aliphatic rings. The molecule has 0 saturated carbocycles. The zero-order chi connectivity index (χ0) is 15.5. The molecule has 116 valence electrons. The van der Waals surface area contributed by atoms with Gasteiger partial charge in [0.15, 0.2) is 0 Å². The van der Waals surface area contributed by atoms with E-state index in [9.17, 15) is 9.59 Å². The molecule has 2 N–H and O–H groups in total. The van der Waals surface area contributed by atoms with Crippen molar-refractivity contribution in [2.45, 2.75) is 25.4 Å². The highest BCUT2D eigenvalue weighted by molar-refractivity contribution is 5.31. The van der Waals surface area contributed by atoms with E-state index in [-0.39, 0.29) is 11.6 Å². The second-order valence-electron chi connectivity index (χ2n) is 5.52. The standard InChI is InChI=1S/C16H19N3O3/c1-22-13-5-2-4-11(8-13)14-6-3-7-19(14)10-12-9-15(20)18-16(21)17-12/h2,4-5,8-9,14H,3,6-7,10H2,1H3,(H2,17,18,20,21)/t14-/m0/s1. The Labute approximate surface area is 127 Å². The average Bonchev–Trinajstić information content (AvgIpc) is 2.94. The molecule has 1 aromatic heterocycles. The monoisotopic (exact) mass is 301 g/mol. The number of hydrogen-bond donors (Lipinski definition) is 2. The van der Waals surface area contributed by atoms with E-state index in [0.29, 0.717) is 12.2 Å². The molecule has 0 unspecified atom stereocenters. The molecule has 22 heavy (non-hydrogen) atoms. The third kappa shape index (κ3) is 3.12. The van der Waals surface area contributed by atoms with Crippen LogP contribution in [0.15, 0.2) is 39.9 Å². The Morgan fingerprint density at radius 1 is 1.27 bits per heavy atom. The van der Waals surface area contributed by atoms with Crippen molar-refractivity contribution in [1.29, 1.82) is 0 Å². The number of H-pyrrole nitrogens is 2. The zero-order valence-corrected chi connectivity index (χ0v) is 12.5. The third-order valence-electron chi connectivity index (χ3n) is 4.03. The number of aromatic amines is 2. The summed E-state index contributed by atoms with van der Waals surface area (Å²) in [6.07, 6.45) is 2.15. The normalized spacial score (nSPS) is 18.5. The maximum atomic E-state index is 11.4. The smallest absolute Gasteiger partial charge is 0.325 e. The number of hydrogen-bond acceptors (Lipinski definition) is 4. The van der Waals surface area contributed by atoms with Crippen LogP contribution < -0.4 is 16.0 Å². The van der Waals surface area contributed by atoms with Gasteiger partial charge in [-0.25, -0.2) is 4.79 Å². The fourth-order valence-corrected chi connectivity index (χ4v) is 3.07. The third-order valence-corrected chi connectivity index (χ3v) is 4.03. The lowest BCUT2D eigenvalue weighted by atomic mass is 10.0. The van der Waals surface area contributed by atoms with Gasteiger partial charge in [0, 0.05) is 24.3 Å². The van der Waals surface area contributed by atoms with Gasteiger partial charge in [-0.3, -0.25) is 14.7 Å². The minimum absolute atomic E-state index is 0.276. The molecule has 0 spiro atoms. The highest BCUT2D eigenvalue weighted by atomic mass is 16.5. The van der Waals surface area contributed by atoms with Gasteiger partial charge in [0.1, 0.15) is 5.75 Å². The average molecular weight is 301 g/mol. The molecular weight excluding hydrogens is 282 g/mol. The molecular formula is C16H19N3O3. The Morgan fingerprint density at radius 2 is 2.14 bits per heavy atom. The summed E-state index contributed by atoms with van der Waals surface area (Å²) < 4.78 is 5.29. The number of ether oxygens (including phenoxy) is 1. The maximum Gasteiger partial charge on any atom is 0.325 e. The number of methoxy groups -OCH3 is 1. The Bertz CT molecular complexity index is 737. The van der Waals surface area contributed by atoms with Crippen molar-refractivity contribution in [2.24, 2.45) is 0 Å². The van der Waals surface area contributed by atoms with Crippen molar-refractivity contribution < 1.29 is 4.74 Å². The van der Waals surface area contributed by atoms with Crippen LogP contribution in [-0.2, 0) is 6.54 Å². The van der Waals surface area contributed by atoms with E-state index in [2.05, 4.69) is 20.9 Å². The largest absolute Gasteiger partial charge is 0.497 e. The summed E-state index contributed by atoms with van der Waals surface area (Å²) in [7, 11) is 1.66. The van der Waals surface area contributed by atoms with Crippen LogP contribution in [0.5, 0.6) is 5.75 Å². The fraction of sp³-hybridized carbons (Fsp3) is 0.375. The van der Waals surface area contributed by atoms with Gasteiger partial charge in [0.25, 0.3) is 5.56 Å². The molecule has 0 amide bonds. The molecule has 2 heterocycles. The quantitative estimate of drug-likeness (QED) is 0.895. The molecule has 3 rings (SSSR count). The van der Waals surface area contributed by atoms with Crippen molar-refractivity contribution in [3.63, 3.8) is 0 Å². The first-order valence-electron chi connectivity index (χ1n) is 7.36. The van der Waals surface area contributed by atoms with Gasteiger partial charge in [-0.05, 0) is 37.1 Å². The molecule has 1 saturated heterocycles. The van der Waals surface area contributed by atoms with Gasteiger partial charge in [0.2, 0.25) is 0 Å². The van der Waals surface area contributed by atoms with Crippen molar-refractivity contribution in [3.8, 4) is 5.75 Å². The molecule has 0 bridgehead atoms. The summed E-state index contributed by atoms with van der Waals surface area (Å²) in [6.45, 7) is 1.50. The lowest BCUT2D eigenvalue weighted by Gasteiger charge is -2.24. The van der Waals surface area contributed by atoms with Crippen LogP contribution in [0.25, 0.3) is 0 Å². The molecule has 6 heteroatoms. The van der Waals surface area contributed by atoms with Crippen molar-refractivity contribution in [3.05, 3.63) is 62.4 Å². The molecule has 1 fully saturated rings. The zero-order valence-electron chi connectivity index (χ0n) is 12.5. The van der Waals surface area contributed by atoms with Gasteiger partial charge in [-0.2, -0.15) is 0 Å². The van der Waals surface area contributed by atoms with Crippen LogP contribution in [-0.4, -0.2) is 28.5 Å². The minimum Gasteiger partial charge on any atom is -0.497 e. The number of nitrogens with zero attached hydrogens (tertiary/aromatic N) is 1. The van der Waals surface area contributed by atoms with Gasteiger partial charge in [-0.1, -0.05) is 12.1 Å². The molecule has 0 aliphatic carbocycles. The van der Waals surface area contributed by atoms with Crippen molar-refractivity contribution in [1.82, 2.24) is 14.9 Å². The predicted octanol–water partition coefficient (Wildman–Crippen LogP) is 1.41. The second-order valence-corrected chi connectivity index (χ2v) is 5.52. The first kappa shape index (κ1) is 14.6. The molecule has 6 nitrogen and oxygen atoms in total. The lowest BCUT2D eigenvalue weighted by Crippen LogP contribution is -2.28. The van der Waals surface area contributed by atoms with E-state index in [1.807, 2.05) is 18.2 Å². The summed E-state index contributed by atoms with van der Waals surface area (Å²) in [5.41, 5.74) is 1.02. The molecule has 1 aromatic carbocycles. The van der Waals surface area contributed by atoms with Crippen LogP contribution in [0.1, 0.15) is 30.1 Å². The first-order valence-corrected chi connectivity index (χ1v) is 7.36.